The third kappa shape index (κ3) is 5.64. The molecule has 2 aliphatic heterocycles. The molecule has 2 aliphatic rings. The SMILES string of the molecule is COC[C@H](C)Nc1nccc(N(CC2CCN(C(C)=O)CC2)C(=O)c2ccc3c(c2)CCO3)n1. The van der Waals surface area contributed by atoms with E-state index in [-0.39, 0.29) is 23.8 Å². The standard InChI is InChI=1S/C25H33N5O4/c1-17(16-33-3)27-25-26-10-6-23(28-25)30(15-19-7-11-29(12-8-19)18(2)31)24(32)21-4-5-22-20(14-21)9-13-34-22/h4-6,10,14,17,19H,7-9,11-13,15-16H2,1-3H3,(H,26,27,28)/t17-/m0/s1. The molecule has 1 aromatic heterocycles. The minimum absolute atomic E-state index is 0.0250. The summed E-state index contributed by atoms with van der Waals surface area (Å²) in [6.45, 7) is 6.70. The lowest BCUT2D eigenvalue weighted by atomic mass is 9.95. The van der Waals surface area contributed by atoms with Crippen LogP contribution in [-0.4, -0.2) is 72.7 Å². The van der Waals surface area contributed by atoms with Gasteiger partial charge in [-0.05, 0) is 55.5 Å². The van der Waals surface area contributed by atoms with Gasteiger partial charge in [-0.1, -0.05) is 0 Å². The number of aromatic nitrogens is 2. The molecule has 0 spiro atoms. The third-order valence-corrected chi connectivity index (χ3v) is 6.39. The molecule has 1 atom stereocenters. The van der Waals surface area contributed by atoms with Crippen molar-refractivity contribution in [3.8, 4) is 5.75 Å². The first-order chi connectivity index (χ1) is 16.4. The third-order valence-electron chi connectivity index (χ3n) is 6.39. The normalized spacial score (nSPS) is 16.5. The fraction of sp³-hybridized carbons (Fsp3) is 0.520. The van der Waals surface area contributed by atoms with Crippen LogP contribution < -0.4 is 15.0 Å². The van der Waals surface area contributed by atoms with E-state index < -0.39 is 0 Å². The summed E-state index contributed by atoms with van der Waals surface area (Å²) in [7, 11) is 1.65. The number of nitrogens with one attached hydrogen (secondary N) is 1. The molecular formula is C25H33N5O4. The maximum Gasteiger partial charge on any atom is 0.259 e. The van der Waals surface area contributed by atoms with Gasteiger partial charge in [0.25, 0.3) is 5.91 Å². The zero-order valence-corrected chi connectivity index (χ0v) is 20.1. The predicted octanol–water partition coefficient (Wildman–Crippen LogP) is 2.76. The predicted molar refractivity (Wildman–Crippen MR) is 129 cm³/mol. The molecule has 1 aromatic carbocycles. The number of carbonyl (C=O) groups excluding carboxylic acids is 2. The second kappa shape index (κ2) is 10.8. The second-order valence-electron chi connectivity index (χ2n) is 9.03. The maximum absolute atomic E-state index is 13.7. The van der Waals surface area contributed by atoms with E-state index in [4.69, 9.17) is 9.47 Å². The van der Waals surface area contributed by atoms with E-state index in [1.165, 1.54) is 0 Å². The van der Waals surface area contributed by atoms with Crippen molar-refractivity contribution in [1.82, 2.24) is 14.9 Å². The first-order valence-corrected chi connectivity index (χ1v) is 11.9. The molecule has 3 heterocycles. The lowest BCUT2D eigenvalue weighted by Crippen LogP contribution is -2.42. The summed E-state index contributed by atoms with van der Waals surface area (Å²) in [6, 6.07) is 7.41. The van der Waals surface area contributed by atoms with Crippen molar-refractivity contribution in [2.45, 2.75) is 39.2 Å². The zero-order chi connectivity index (χ0) is 24.1. The number of likely N-dealkylation sites (tertiary alicyclic amines) is 1. The van der Waals surface area contributed by atoms with E-state index in [0.29, 0.717) is 50.2 Å². The van der Waals surface area contributed by atoms with E-state index in [0.717, 1.165) is 30.6 Å². The Kier molecular flexibility index (Phi) is 7.62. The molecule has 0 aliphatic carbocycles. The summed E-state index contributed by atoms with van der Waals surface area (Å²) >= 11 is 0. The molecule has 0 bridgehead atoms. The van der Waals surface area contributed by atoms with Crippen molar-refractivity contribution < 1.29 is 19.1 Å². The van der Waals surface area contributed by atoms with Gasteiger partial charge in [0.15, 0.2) is 0 Å². The molecule has 0 saturated carbocycles. The Morgan fingerprint density at radius 2 is 2.09 bits per heavy atom. The van der Waals surface area contributed by atoms with Crippen molar-refractivity contribution in [3.05, 3.63) is 41.6 Å². The summed E-state index contributed by atoms with van der Waals surface area (Å²) in [5.41, 5.74) is 1.67. The highest BCUT2D eigenvalue weighted by molar-refractivity contribution is 6.05. The van der Waals surface area contributed by atoms with E-state index in [9.17, 15) is 9.59 Å². The fourth-order valence-electron chi connectivity index (χ4n) is 4.53. The van der Waals surface area contributed by atoms with Crippen LogP contribution in [0, 0.1) is 5.92 Å². The number of anilines is 2. The summed E-state index contributed by atoms with van der Waals surface area (Å²) in [4.78, 5) is 38.1. The maximum atomic E-state index is 13.7. The van der Waals surface area contributed by atoms with Gasteiger partial charge in [-0.2, -0.15) is 4.98 Å². The van der Waals surface area contributed by atoms with Crippen LogP contribution in [0.5, 0.6) is 5.75 Å². The highest BCUT2D eigenvalue weighted by Crippen LogP contribution is 2.28. The monoisotopic (exact) mass is 467 g/mol. The molecule has 4 rings (SSSR count). The van der Waals surface area contributed by atoms with Gasteiger partial charge in [0, 0.05) is 57.9 Å². The molecule has 1 N–H and O–H groups in total. The van der Waals surface area contributed by atoms with Gasteiger partial charge < -0.3 is 19.7 Å². The van der Waals surface area contributed by atoms with Crippen LogP contribution in [0.2, 0.25) is 0 Å². The van der Waals surface area contributed by atoms with E-state index in [1.54, 1.807) is 31.2 Å². The number of rotatable bonds is 8. The summed E-state index contributed by atoms with van der Waals surface area (Å²) in [6.07, 6.45) is 4.17. The van der Waals surface area contributed by atoms with E-state index >= 15 is 0 Å². The van der Waals surface area contributed by atoms with Gasteiger partial charge in [0.1, 0.15) is 11.6 Å². The van der Waals surface area contributed by atoms with Crippen molar-refractivity contribution in [2.24, 2.45) is 5.92 Å². The van der Waals surface area contributed by atoms with Crippen molar-refractivity contribution in [2.75, 3.05) is 50.2 Å². The lowest BCUT2D eigenvalue weighted by molar-refractivity contribution is -0.130. The number of carbonyl (C=O) groups is 2. The number of benzene rings is 1. The number of nitrogens with zero attached hydrogens (tertiary/aromatic N) is 4. The Hall–Kier alpha value is -3.20. The molecule has 34 heavy (non-hydrogen) atoms. The molecule has 0 radical (unpaired) electrons. The molecule has 1 fully saturated rings. The first kappa shape index (κ1) is 23.9. The van der Waals surface area contributed by atoms with Gasteiger partial charge >= 0.3 is 0 Å². The molecule has 0 unspecified atom stereocenters. The average Bonchev–Trinajstić information content (AvgIpc) is 3.31. The highest BCUT2D eigenvalue weighted by atomic mass is 16.5. The van der Waals surface area contributed by atoms with Crippen LogP contribution in [0.25, 0.3) is 0 Å². The molecule has 2 amide bonds. The summed E-state index contributed by atoms with van der Waals surface area (Å²) in [5.74, 6) is 2.13. The highest BCUT2D eigenvalue weighted by Gasteiger charge is 2.28. The number of amides is 2. The van der Waals surface area contributed by atoms with E-state index in [2.05, 4.69) is 15.3 Å². The topological polar surface area (TPSA) is 96.9 Å². The minimum Gasteiger partial charge on any atom is -0.493 e. The van der Waals surface area contributed by atoms with E-state index in [1.807, 2.05) is 30.0 Å². The number of ether oxygens (including phenoxy) is 2. The number of hydrogen-bond acceptors (Lipinski definition) is 7. The first-order valence-electron chi connectivity index (χ1n) is 11.9. The van der Waals surface area contributed by atoms with Gasteiger partial charge in [-0.25, -0.2) is 4.98 Å². The molecular weight excluding hydrogens is 434 g/mol. The Labute approximate surface area is 200 Å². The average molecular weight is 468 g/mol. The zero-order valence-electron chi connectivity index (χ0n) is 20.1. The van der Waals surface area contributed by atoms with Gasteiger partial charge in [-0.3, -0.25) is 14.5 Å². The molecule has 2 aromatic rings. The molecule has 9 nitrogen and oxygen atoms in total. The Balaban J connectivity index is 1.58. The number of fused-ring (bicyclic) bond motifs is 1. The van der Waals surface area contributed by atoms with Crippen LogP contribution in [0.3, 0.4) is 0 Å². The summed E-state index contributed by atoms with van der Waals surface area (Å²) in [5, 5.41) is 3.23. The van der Waals surface area contributed by atoms with Crippen LogP contribution in [0.4, 0.5) is 11.8 Å². The second-order valence-corrected chi connectivity index (χ2v) is 9.03. The molecule has 9 heteroatoms. The summed E-state index contributed by atoms with van der Waals surface area (Å²) < 4.78 is 10.8. The Bertz CT molecular complexity index is 1020. The quantitative estimate of drug-likeness (QED) is 0.638. The van der Waals surface area contributed by atoms with Crippen LogP contribution in [0.15, 0.2) is 30.5 Å². The molecule has 182 valence electrons. The minimum atomic E-state index is -0.0988. The smallest absolute Gasteiger partial charge is 0.259 e. The number of hydrogen-bond donors (Lipinski definition) is 1. The van der Waals surface area contributed by atoms with Crippen LogP contribution in [0.1, 0.15) is 42.6 Å². The van der Waals surface area contributed by atoms with Crippen molar-refractivity contribution >= 4 is 23.6 Å². The van der Waals surface area contributed by atoms with Gasteiger partial charge in [0.2, 0.25) is 11.9 Å². The van der Waals surface area contributed by atoms with Gasteiger partial charge in [-0.15, -0.1) is 0 Å². The lowest BCUT2D eigenvalue weighted by Gasteiger charge is -2.34. The van der Waals surface area contributed by atoms with Crippen molar-refractivity contribution in [1.29, 1.82) is 0 Å². The largest absolute Gasteiger partial charge is 0.493 e. The van der Waals surface area contributed by atoms with Gasteiger partial charge in [0.05, 0.1) is 13.2 Å². The fourth-order valence-corrected chi connectivity index (χ4v) is 4.53. The number of piperidine rings is 1. The molecule has 1 saturated heterocycles. The Morgan fingerprint density at radius 3 is 2.82 bits per heavy atom. The Morgan fingerprint density at radius 1 is 1.29 bits per heavy atom. The van der Waals surface area contributed by atoms with Crippen LogP contribution in [-0.2, 0) is 16.0 Å². The number of methoxy groups -OCH3 is 1. The van der Waals surface area contributed by atoms with Crippen molar-refractivity contribution in [3.63, 3.8) is 0 Å². The van der Waals surface area contributed by atoms with Crippen LogP contribution >= 0.6 is 0 Å².